The van der Waals surface area contributed by atoms with Crippen molar-refractivity contribution in [2.24, 2.45) is 0 Å². The van der Waals surface area contributed by atoms with Crippen molar-refractivity contribution in [2.45, 2.75) is 32.2 Å². The summed E-state index contributed by atoms with van der Waals surface area (Å²) in [4.78, 5) is 33.9. The van der Waals surface area contributed by atoms with Crippen molar-refractivity contribution in [3.8, 4) is 0 Å². The fraction of sp³-hybridized carbons (Fsp3) is 0.545. The number of amides is 3. The molecule has 1 aliphatic rings. The Hall–Kier alpha value is -2.45. The van der Waals surface area contributed by atoms with Gasteiger partial charge in [-0.1, -0.05) is 5.21 Å². The molecule has 0 atom stereocenters. The second-order valence-electron chi connectivity index (χ2n) is 4.47. The Kier molecular flexibility index (Phi) is 3.97. The molecule has 20 heavy (non-hydrogen) atoms. The van der Waals surface area contributed by atoms with Crippen LogP contribution in [-0.4, -0.2) is 44.6 Å². The largest absolute Gasteiger partial charge is 0.476 e. The average Bonchev–Trinajstić information content (AvgIpc) is 3.10. The lowest BCUT2D eigenvalue weighted by atomic mass is 10.2. The molecule has 0 radical (unpaired) electrons. The predicted molar refractivity (Wildman–Crippen MR) is 66.2 cm³/mol. The molecule has 108 valence electrons. The van der Waals surface area contributed by atoms with E-state index < -0.39 is 17.9 Å². The molecule has 0 aromatic carbocycles. The van der Waals surface area contributed by atoms with Gasteiger partial charge >= 0.3 is 12.0 Å². The highest BCUT2D eigenvalue weighted by Gasteiger charge is 2.34. The number of aromatic carboxylic acids is 1. The van der Waals surface area contributed by atoms with Crippen molar-refractivity contribution in [3.63, 3.8) is 0 Å². The van der Waals surface area contributed by atoms with Crippen LogP contribution in [0.1, 0.15) is 41.9 Å². The number of carbonyl (C=O) groups is 3. The second kappa shape index (κ2) is 5.68. The highest BCUT2D eigenvalue weighted by Crippen LogP contribution is 2.41. The number of carbonyl (C=O) groups excluding carboxylic acids is 2. The summed E-state index contributed by atoms with van der Waals surface area (Å²) in [6, 6.07) is -0.593. The van der Waals surface area contributed by atoms with Crippen LogP contribution in [0, 0.1) is 0 Å². The van der Waals surface area contributed by atoms with E-state index in [1.165, 1.54) is 4.68 Å². The zero-order valence-corrected chi connectivity index (χ0v) is 10.9. The van der Waals surface area contributed by atoms with Crippen LogP contribution in [0.4, 0.5) is 4.79 Å². The number of hydrogen-bond donors (Lipinski definition) is 3. The third kappa shape index (κ3) is 3.11. The van der Waals surface area contributed by atoms with E-state index in [1.54, 1.807) is 6.92 Å². The minimum atomic E-state index is -1.16. The Morgan fingerprint density at radius 1 is 1.40 bits per heavy atom. The van der Waals surface area contributed by atoms with Gasteiger partial charge in [0.15, 0.2) is 5.69 Å². The summed E-state index contributed by atoms with van der Waals surface area (Å²) in [5, 5.41) is 20.8. The van der Waals surface area contributed by atoms with E-state index >= 15 is 0 Å². The molecule has 0 bridgehead atoms. The number of urea groups is 1. The van der Waals surface area contributed by atoms with Gasteiger partial charge in [-0.25, -0.2) is 14.3 Å². The van der Waals surface area contributed by atoms with Crippen LogP contribution in [0.3, 0.4) is 0 Å². The fourth-order valence-corrected chi connectivity index (χ4v) is 1.86. The van der Waals surface area contributed by atoms with E-state index in [2.05, 4.69) is 20.9 Å². The standard InChI is InChI=1S/C11H15N5O4/c1-2-12-11(20)13-7(17)5-16-9(6-3-4-6)8(10(18)19)14-15-16/h6H,2-5H2,1H3,(H,18,19)(H2,12,13,17,20). The maximum absolute atomic E-state index is 11.7. The first-order valence-corrected chi connectivity index (χ1v) is 6.27. The van der Waals surface area contributed by atoms with Crippen LogP contribution < -0.4 is 10.6 Å². The molecule has 9 heteroatoms. The highest BCUT2D eigenvalue weighted by atomic mass is 16.4. The van der Waals surface area contributed by atoms with Crippen LogP contribution >= 0.6 is 0 Å². The summed E-state index contributed by atoms with van der Waals surface area (Å²) >= 11 is 0. The predicted octanol–water partition coefficient (Wildman–Crippen LogP) is -0.301. The molecule has 1 aromatic heterocycles. The van der Waals surface area contributed by atoms with Crippen LogP contribution in [0.25, 0.3) is 0 Å². The molecule has 0 aliphatic heterocycles. The molecule has 1 fully saturated rings. The fourth-order valence-electron chi connectivity index (χ4n) is 1.86. The summed E-state index contributed by atoms with van der Waals surface area (Å²) in [6.07, 6.45) is 1.71. The normalized spacial score (nSPS) is 13.8. The van der Waals surface area contributed by atoms with Gasteiger partial charge in [0.1, 0.15) is 6.54 Å². The van der Waals surface area contributed by atoms with Crippen LogP contribution in [0.15, 0.2) is 0 Å². The number of nitrogens with one attached hydrogen (secondary N) is 2. The number of hydrogen-bond acceptors (Lipinski definition) is 5. The van der Waals surface area contributed by atoms with Crippen LogP contribution in [0.5, 0.6) is 0 Å². The summed E-state index contributed by atoms with van der Waals surface area (Å²) in [5.74, 6) is -1.66. The molecular formula is C11H15N5O4. The first-order valence-electron chi connectivity index (χ1n) is 6.27. The van der Waals surface area contributed by atoms with E-state index in [0.29, 0.717) is 12.2 Å². The van der Waals surface area contributed by atoms with Gasteiger partial charge in [0, 0.05) is 12.5 Å². The molecule has 1 aromatic rings. The minimum Gasteiger partial charge on any atom is -0.476 e. The molecule has 9 nitrogen and oxygen atoms in total. The second-order valence-corrected chi connectivity index (χ2v) is 4.47. The van der Waals surface area contributed by atoms with Crippen LogP contribution in [0.2, 0.25) is 0 Å². The summed E-state index contributed by atoms with van der Waals surface area (Å²) < 4.78 is 1.25. The molecule has 3 N–H and O–H groups in total. The molecule has 0 saturated heterocycles. The van der Waals surface area contributed by atoms with E-state index in [-0.39, 0.29) is 18.2 Å². The Morgan fingerprint density at radius 3 is 2.65 bits per heavy atom. The van der Waals surface area contributed by atoms with Gasteiger partial charge in [-0.05, 0) is 19.8 Å². The van der Waals surface area contributed by atoms with Gasteiger partial charge in [-0.3, -0.25) is 10.1 Å². The Bertz CT molecular complexity index is 549. The van der Waals surface area contributed by atoms with Crippen molar-refractivity contribution >= 4 is 17.9 Å². The van der Waals surface area contributed by atoms with Crippen molar-refractivity contribution in [3.05, 3.63) is 11.4 Å². The molecule has 1 heterocycles. The van der Waals surface area contributed by atoms with Crippen LogP contribution in [-0.2, 0) is 11.3 Å². The smallest absolute Gasteiger partial charge is 0.358 e. The number of aromatic nitrogens is 3. The van der Waals surface area contributed by atoms with E-state index in [0.717, 1.165) is 12.8 Å². The first kappa shape index (κ1) is 14.0. The topological polar surface area (TPSA) is 126 Å². The lowest BCUT2D eigenvalue weighted by Crippen LogP contribution is -2.41. The van der Waals surface area contributed by atoms with Gasteiger partial charge in [0.05, 0.1) is 5.69 Å². The zero-order valence-electron chi connectivity index (χ0n) is 10.9. The van der Waals surface area contributed by atoms with E-state index in [9.17, 15) is 14.4 Å². The minimum absolute atomic E-state index is 0.0772. The molecule has 1 aliphatic carbocycles. The number of imide groups is 1. The Labute approximate surface area is 114 Å². The van der Waals surface area contributed by atoms with E-state index in [4.69, 9.17) is 5.11 Å². The maximum Gasteiger partial charge on any atom is 0.358 e. The molecule has 2 rings (SSSR count). The molecule has 1 saturated carbocycles. The van der Waals surface area contributed by atoms with Crippen molar-refractivity contribution in [2.75, 3.05) is 6.54 Å². The van der Waals surface area contributed by atoms with Gasteiger partial charge in [0.2, 0.25) is 5.91 Å². The van der Waals surface area contributed by atoms with Gasteiger partial charge in [-0.2, -0.15) is 0 Å². The maximum atomic E-state index is 11.7. The number of rotatable bonds is 5. The number of carboxylic acids is 1. The Balaban J connectivity index is 2.07. The molecular weight excluding hydrogens is 266 g/mol. The molecule has 0 unspecified atom stereocenters. The monoisotopic (exact) mass is 281 g/mol. The lowest BCUT2D eigenvalue weighted by Gasteiger charge is -2.07. The summed E-state index contributed by atoms with van der Waals surface area (Å²) in [7, 11) is 0. The van der Waals surface area contributed by atoms with Crippen molar-refractivity contribution in [1.82, 2.24) is 25.6 Å². The summed E-state index contributed by atoms with van der Waals surface area (Å²) in [5.41, 5.74) is 0.321. The van der Waals surface area contributed by atoms with E-state index in [1.807, 2.05) is 0 Å². The van der Waals surface area contributed by atoms with Gasteiger partial charge in [-0.15, -0.1) is 5.10 Å². The van der Waals surface area contributed by atoms with Gasteiger partial charge < -0.3 is 10.4 Å². The Morgan fingerprint density at radius 2 is 2.10 bits per heavy atom. The third-order valence-electron chi connectivity index (χ3n) is 2.82. The highest BCUT2D eigenvalue weighted by molar-refractivity contribution is 5.94. The van der Waals surface area contributed by atoms with Gasteiger partial charge in [0.25, 0.3) is 0 Å². The molecule has 0 spiro atoms. The quantitative estimate of drug-likeness (QED) is 0.680. The van der Waals surface area contributed by atoms with Crippen molar-refractivity contribution < 1.29 is 19.5 Å². The lowest BCUT2D eigenvalue weighted by molar-refractivity contribution is -0.120. The first-order chi connectivity index (χ1) is 9.52. The number of carboxylic acid groups (broad SMARTS) is 1. The average molecular weight is 281 g/mol. The third-order valence-corrected chi connectivity index (χ3v) is 2.82. The summed E-state index contributed by atoms with van der Waals surface area (Å²) in [6.45, 7) is 1.90. The SMILES string of the molecule is CCNC(=O)NC(=O)Cn1nnc(C(=O)O)c1C1CC1. The zero-order chi connectivity index (χ0) is 14.7. The number of nitrogens with zero attached hydrogens (tertiary/aromatic N) is 3. The van der Waals surface area contributed by atoms with Crippen molar-refractivity contribution in [1.29, 1.82) is 0 Å². The molecule has 3 amide bonds.